The molecule has 0 saturated carbocycles. The zero-order chi connectivity index (χ0) is 12.7. The van der Waals surface area contributed by atoms with Crippen molar-refractivity contribution in [2.75, 3.05) is 19.7 Å². The molecule has 1 fully saturated rings. The van der Waals surface area contributed by atoms with E-state index in [-0.39, 0.29) is 12.0 Å². The fourth-order valence-corrected chi connectivity index (χ4v) is 2.37. The lowest BCUT2D eigenvalue weighted by Crippen LogP contribution is -2.42. The van der Waals surface area contributed by atoms with E-state index in [0.29, 0.717) is 0 Å². The Hall–Kier alpha value is -0.570. The molecular weight excluding hydrogens is 234 g/mol. The third kappa shape index (κ3) is 3.44. The Kier molecular flexibility index (Phi) is 5.96. The summed E-state index contributed by atoms with van der Waals surface area (Å²) in [6, 6.07) is 7.86. The summed E-state index contributed by atoms with van der Waals surface area (Å²) in [7, 11) is 0. The molecule has 2 N–H and O–H groups in total. The maximum atomic E-state index is 9.60. The summed E-state index contributed by atoms with van der Waals surface area (Å²) in [6.45, 7) is 6.17. The van der Waals surface area contributed by atoms with Crippen molar-refractivity contribution in [3.63, 3.8) is 0 Å². The van der Waals surface area contributed by atoms with Gasteiger partial charge < -0.3 is 10.4 Å². The molecule has 3 heteroatoms. The first-order valence-electron chi connectivity index (χ1n) is 6.34. The third-order valence-electron chi connectivity index (χ3n) is 3.32. The first-order chi connectivity index (χ1) is 8.27. The molecule has 17 heavy (non-hydrogen) atoms. The van der Waals surface area contributed by atoms with Crippen LogP contribution in [0, 0.1) is 0 Å². The van der Waals surface area contributed by atoms with E-state index < -0.39 is 0 Å². The Balaban J connectivity index is 0.000000686. The van der Waals surface area contributed by atoms with Crippen molar-refractivity contribution in [2.24, 2.45) is 0 Å². The van der Waals surface area contributed by atoms with Gasteiger partial charge in [-0.15, -0.1) is 0 Å². The number of piperidine rings is 1. The van der Waals surface area contributed by atoms with Gasteiger partial charge in [-0.25, -0.2) is 0 Å². The molecule has 0 radical (unpaired) electrons. The van der Waals surface area contributed by atoms with Crippen LogP contribution in [0.25, 0.3) is 0 Å². The standard InChI is InChI=1S/C12H16ClNO.C2H6/c13-11-3-1-10(2-4-11)12(9-15)5-7-14-8-6-12;1-2/h1-4,14-15H,5-9H2;1-2H3. The number of aliphatic hydroxyl groups excluding tert-OH is 1. The topological polar surface area (TPSA) is 32.3 Å². The highest BCUT2D eigenvalue weighted by Gasteiger charge is 2.32. The highest BCUT2D eigenvalue weighted by Crippen LogP contribution is 2.33. The molecule has 1 aliphatic rings. The molecule has 2 rings (SSSR count). The minimum Gasteiger partial charge on any atom is -0.395 e. The number of hydrogen-bond acceptors (Lipinski definition) is 2. The van der Waals surface area contributed by atoms with Crippen molar-refractivity contribution < 1.29 is 5.11 Å². The van der Waals surface area contributed by atoms with Gasteiger partial charge in [0.05, 0.1) is 6.61 Å². The number of hydrogen-bond donors (Lipinski definition) is 2. The van der Waals surface area contributed by atoms with E-state index in [1.54, 1.807) is 0 Å². The largest absolute Gasteiger partial charge is 0.395 e. The Labute approximate surface area is 109 Å². The van der Waals surface area contributed by atoms with Gasteiger partial charge in [-0.1, -0.05) is 37.6 Å². The van der Waals surface area contributed by atoms with Crippen LogP contribution in [0.15, 0.2) is 24.3 Å². The van der Waals surface area contributed by atoms with Crippen molar-refractivity contribution in [3.05, 3.63) is 34.9 Å². The molecule has 0 bridgehead atoms. The van der Waals surface area contributed by atoms with Gasteiger partial charge in [0, 0.05) is 10.4 Å². The number of nitrogens with one attached hydrogen (secondary N) is 1. The maximum Gasteiger partial charge on any atom is 0.0528 e. The van der Waals surface area contributed by atoms with E-state index in [1.807, 2.05) is 38.1 Å². The predicted octanol–water partition coefficient (Wildman–Crippen LogP) is 2.98. The minimum atomic E-state index is -0.0597. The number of aliphatic hydroxyl groups is 1. The zero-order valence-electron chi connectivity index (χ0n) is 10.7. The average molecular weight is 256 g/mol. The third-order valence-corrected chi connectivity index (χ3v) is 3.57. The van der Waals surface area contributed by atoms with Crippen molar-refractivity contribution in [2.45, 2.75) is 32.1 Å². The van der Waals surface area contributed by atoms with Gasteiger partial charge in [0.15, 0.2) is 0 Å². The SMILES string of the molecule is CC.OCC1(c2ccc(Cl)cc2)CCNCC1. The molecule has 1 aromatic carbocycles. The summed E-state index contributed by atoms with van der Waals surface area (Å²) in [5, 5.41) is 13.7. The molecule has 0 aromatic heterocycles. The molecule has 96 valence electrons. The molecule has 1 aliphatic heterocycles. The molecular formula is C14H22ClNO. The van der Waals surface area contributed by atoms with Gasteiger partial charge in [0.1, 0.15) is 0 Å². The van der Waals surface area contributed by atoms with Crippen molar-refractivity contribution >= 4 is 11.6 Å². The number of halogens is 1. The molecule has 0 amide bonds. The summed E-state index contributed by atoms with van der Waals surface area (Å²) in [5.74, 6) is 0. The van der Waals surface area contributed by atoms with Gasteiger partial charge in [0.25, 0.3) is 0 Å². The second kappa shape index (κ2) is 7.00. The van der Waals surface area contributed by atoms with Crippen LogP contribution in [-0.4, -0.2) is 24.8 Å². The lowest BCUT2D eigenvalue weighted by Gasteiger charge is -2.36. The quantitative estimate of drug-likeness (QED) is 0.852. The highest BCUT2D eigenvalue weighted by molar-refractivity contribution is 6.30. The normalized spacial score (nSPS) is 18.1. The maximum absolute atomic E-state index is 9.60. The Bertz CT molecular complexity index is 317. The summed E-state index contributed by atoms with van der Waals surface area (Å²) in [5.41, 5.74) is 1.14. The predicted molar refractivity (Wildman–Crippen MR) is 73.7 cm³/mol. The van der Waals surface area contributed by atoms with Crippen LogP contribution in [-0.2, 0) is 5.41 Å². The Morgan fingerprint density at radius 2 is 1.71 bits per heavy atom. The van der Waals surface area contributed by atoms with E-state index in [9.17, 15) is 5.11 Å². The molecule has 2 nitrogen and oxygen atoms in total. The Morgan fingerprint density at radius 3 is 2.18 bits per heavy atom. The zero-order valence-corrected chi connectivity index (χ0v) is 11.4. The summed E-state index contributed by atoms with van der Waals surface area (Å²) < 4.78 is 0. The smallest absolute Gasteiger partial charge is 0.0528 e. The van der Waals surface area contributed by atoms with Crippen LogP contribution in [0.2, 0.25) is 5.02 Å². The number of rotatable bonds is 2. The van der Waals surface area contributed by atoms with Gasteiger partial charge in [-0.2, -0.15) is 0 Å². The van der Waals surface area contributed by atoms with E-state index in [1.165, 1.54) is 5.56 Å². The van der Waals surface area contributed by atoms with Crippen LogP contribution >= 0.6 is 11.6 Å². The van der Waals surface area contributed by atoms with Crippen LogP contribution < -0.4 is 5.32 Å². The second-order valence-electron chi connectivity index (χ2n) is 4.20. The lowest BCUT2D eigenvalue weighted by molar-refractivity contribution is 0.158. The molecule has 0 atom stereocenters. The molecule has 1 saturated heterocycles. The Morgan fingerprint density at radius 1 is 1.18 bits per heavy atom. The van der Waals surface area contributed by atoms with Gasteiger partial charge >= 0.3 is 0 Å². The van der Waals surface area contributed by atoms with E-state index in [4.69, 9.17) is 11.6 Å². The van der Waals surface area contributed by atoms with E-state index in [2.05, 4.69) is 5.32 Å². The van der Waals surface area contributed by atoms with Crippen LogP contribution in [0.4, 0.5) is 0 Å². The van der Waals surface area contributed by atoms with Gasteiger partial charge in [-0.05, 0) is 43.6 Å². The first kappa shape index (κ1) is 14.5. The molecule has 1 aromatic rings. The summed E-state index contributed by atoms with van der Waals surface area (Å²) >= 11 is 5.86. The van der Waals surface area contributed by atoms with Crippen molar-refractivity contribution in [1.82, 2.24) is 5.32 Å². The fraction of sp³-hybridized carbons (Fsp3) is 0.571. The molecule has 0 aliphatic carbocycles. The van der Waals surface area contributed by atoms with E-state index in [0.717, 1.165) is 31.0 Å². The monoisotopic (exact) mass is 255 g/mol. The van der Waals surface area contributed by atoms with Crippen LogP contribution in [0.5, 0.6) is 0 Å². The van der Waals surface area contributed by atoms with Gasteiger partial charge in [0.2, 0.25) is 0 Å². The summed E-state index contributed by atoms with van der Waals surface area (Å²) in [6.07, 6.45) is 1.98. The van der Waals surface area contributed by atoms with Crippen molar-refractivity contribution in [1.29, 1.82) is 0 Å². The number of benzene rings is 1. The average Bonchev–Trinajstić information content (AvgIpc) is 2.42. The highest BCUT2D eigenvalue weighted by atomic mass is 35.5. The fourth-order valence-electron chi connectivity index (χ4n) is 2.25. The van der Waals surface area contributed by atoms with Crippen molar-refractivity contribution in [3.8, 4) is 0 Å². The van der Waals surface area contributed by atoms with Gasteiger partial charge in [-0.3, -0.25) is 0 Å². The molecule has 0 spiro atoms. The second-order valence-corrected chi connectivity index (χ2v) is 4.63. The summed E-state index contributed by atoms with van der Waals surface area (Å²) in [4.78, 5) is 0. The minimum absolute atomic E-state index is 0.0597. The van der Waals surface area contributed by atoms with E-state index >= 15 is 0 Å². The first-order valence-corrected chi connectivity index (χ1v) is 6.72. The van der Waals surface area contributed by atoms with Crippen LogP contribution in [0.1, 0.15) is 32.3 Å². The molecule has 0 unspecified atom stereocenters. The lowest BCUT2D eigenvalue weighted by atomic mass is 9.74. The van der Waals surface area contributed by atoms with Crippen LogP contribution in [0.3, 0.4) is 0 Å². The molecule has 1 heterocycles.